The number of aromatic nitrogens is 3. The van der Waals surface area contributed by atoms with Gasteiger partial charge in [-0.1, -0.05) is 11.6 Å². The zero-order valence-corrected chi connectivity index (χ0v) is 11.8. The van der Waals surface area contributed by atoms with Gasteiger partial charge in [-0.2, -0.15) is 5.10 Å². The molecule has 0 aliphatic heterocycles. The van der Waals surface area contributed by atoms with Crippen LogP contribution in [0.2, 0.25) is 5.15 Å². The summed E-state index contributed by atoms with van der Waals surface area (Å²) in [5.74, 6) is -0.275. The summed E-state index contributed by atoms with van der Waals surface area (Å²) in [5, 5.41) is 9.53. The van der Waals surface area contributed by atoms with Gasteiger partial charge in [0.2, 0.25) is 0 Å². The Morgan fingerprint density at radius 2 is 2.33 bits per heavy atom. The van der Waals surface area contributed by atoms with Crippen LogP contribution in [0.5, 0.6) is 0 Å². The zero-order valence-electron chi connectivity index (χ0n) is 9.45. The van der Waals surface area contributed by atoms with E-state index in [2.05, 4.69) is 36.4 Å². The van der Waals surface area contributed by atoms with Gasteiger partial charge in [-0.15, -0.1) is 0 Å². The molecule has 2 heterocycles. The third kappa shape index (κ3) is 2.88. The number of amides is 1. The molecule has 0 aliphatic carbocycles. The van der Waals surface area contributed by atoms with Gasteiger partial charge >= 0.3 is 0 Å². The minimum absolute atomic E-state index is 0.161. The molecule has 0 saturated carbocycles. The zero-order chi connectivity index (χ0) is 13.1. The van der Waals surface area contributed by atoms with Crippen LogP contribution in [0.1, 0.15) is 28.9 Å². The Balaban J connectivity index is 2.15. The minimum Gasteiger partial charge on any atom is -0.345 e. The van der Waals surface area contributed by atoms with Crippen molar-refractivity contribution in [2.24, 2.45) is 0 Å². The summed E-state index contributed by atoms with van der Waals surface area (Å²) in [7, 11) is 0. The van der Waals surface area contributed by atoms with Gasteiger partial charge in [-0.05, 0) is 28.9 Å². The van der Waals surface area contributed by atoms with Crippen molar-refractivity contribution in [3.8, 4) is 0 Å². The van der Waals surface area contributed by atoms with E-state index in [4.69, 9.17) is 11.6 Å². The Bertz CT molecular complexity index is 558. The molecule has 18 heavy (non-hydrogen) atoms. The van der Waals surface area contributed by atoms with Crippen molar-refractivity contribution in [3.63, 3.8) is 0 Å². The summed E-state index contributed by atoms with van der Waals surface area (Å²) in [6, 6.07) is 1.47. The average molecular weight is 330 g/mol. The van der Waals surface area contributed by atoms with Crippen LogP contribution in [0, 0.1) is 0 Å². The molecule has 2 aromatic heterocycles. The van der Waals surface area contributed by atoms with Crippen LogP contribution in [0.15, 0.2) is 29.1 Å². The molecule has 0 saturated heterocycles. The van der Waals surface area contributed by atoms with E-state index in [1.54, 1.807) is 24.7 Å². The molecule has 7 heteroatoms. The van der Waals surface area contributed by atoms with Crippen molar-refractivity contribution in [1.82, 2.24) is 20.5 Å². The SMILES string of the molecule is CC(NC(=O)c1cc(Br)cnc1Cl)c1cn[nH]c1. The number of aromatic amines is 1. The lowest BCUT2D eigenvalue weighted by Crippen LogP contribution is -2.26. The number of pyridine rings is 1. The quantitative estimate of drug-likeness (QED) is 0.851. The number of hydrogen-bond acceptors (Lipinski definition) is 3. The van der Waals surface area contributed by atoms with Crippen LogP contribution < -0.4 is 5.32 Å². The molecule has 0 aliphatic rings. The van der Waals surface area contributed by atoms with Crippen molar-refractivity contribution in [2.45, 2.75) is 13.0 Å². The molecule has 0 fully saturated rings. The summed E-state index contributed by atoms with van der Waals surface area (Å²) in [4.78, 5) is 15.9. The Labute approximate surface area is 117 Å². The molecule has 0 bridgehead atoms. The molecule has 1 unspecified atom stereocenters. The van der Waals surface area contributed by atoms with Gasteiger partial charge in [0.1, 0.15) is 5.15 Å². The highest BCUT2D eigenvalue weighted by Crippen LogP contribution is 2.19. The van der Waals surface area contributed by atoms with E-state index < -0.39 is 0 Å². The second-order valence-corrected chi connectivity index (χ2v) is 4.99. The van der Waals surface area contributed by atoms with E-state index in [-0.39, 0.29) is 17.1 Å². The molecule has 2 rings (SSSR count). The Kier molecular flexibility index (Phi) is 3.98. The van der Waals surface area contributed by atoms with E-state index in [1.165, 1.54) is 0 Å². The van der Waals surface area contributed by atoms with Crippen molar-refractivity contribution in [2.75, 3.05) is 0 Å². The monoisotopic (exact) mass is 328 g/mol. The second-order valence-electron chi connectivity index (χ2n) is 3.72. The number of nitrogens with zero attached hydrogens (tertiary/aromatic N) is 2. The number of nitrogens with one attached hydrogen (secondary N) is 2. The topological polar surface area (TPSA) is 70.7 Å². The standard InChI is InChI=1S/C11H10BrClN4O/c1-6(7-3-15-16-4-7)17-11(18)9-2-8(12)5-14-10(9)13/h2-6H,1H3,(H,15,16)(H,17,18). The summed E-state index contributed by atoms with van der Waals surface area (Å²) in [6.45, 7) is 1.86. The maximum atomic E-state index is 12.0. The van der Waals surface area contributed by atoms with Gasteiger partial charge in [0.15, 0.2) is 0 Å². The van der Waals surface area contributed by atoms with Gasteiger partial charge in [-0.25, -0.2) is 4.98 Å². The van der Waals surface area contributed by atoms with Gasteiger partial charge in [-0.3, -0.25) is 9.89 Å². The van der Waals surface area contributed by atoms with Gasteiger partial charge in [0, 0.05) is 22.4 Å². The fourth-order valence-electron chi connectivity index (χ4n) is 1.44. The molecule has 0 aromatic carbocycles. The van der Waals surface area contributed by atoms with Crippen LogP contribution in [0.25, 0.3) is 0 Å². The average Bonchev–Trinajstić information content (AvgIpc) is 2.85. The van der Waals surface area contributed by atoms with Crippen molar-refractivity contribution >= 4 is 33.4 Å². The lowest BCUT2D eigenvalue weighted by Gasteiger charge is -2.12. The fourth-order valence-corrected chi connectivity index (χ4v) is 1.96. The highest BCUT2D eigenvalue weighted by atomic mass is 79.9. The first kappa shape index (κ1) is 13.0. The van der Waals surface area contributed by atoms with Crippen molar-refractivity contribution in [1.29, 1.82) is 0 Å². The van der Waals surface area contributed by atoms with Crippen LogP contribution in [0.3, 0.4) is 0 Å². The predicted octanol–water partition coefficient (Wildman–Crippen LogP) is 2.71. The Morgan fingerprint density at radius 3 is 3.00 bits per heavy atom. The molecule has 1 amide bonds. The van der Waals surface area contributed by atoms with E-state index in [9.17, 15) is 4.79 Å². The summed E-state index contributed by atoms with van der Waals surface area (Å²) in [6.07, 6.45) is 4.93. The first-order valence-corrected chi connectivity index (χ1v) is 6.35. The fraction of sp³-hybridized carbons (Fsp3) is 0.182. The summed E-state index contributed by atoms with van der Waals surface area (Å²) < 4.78 is 0.702. The third-order valence-corrected chi connectivity index (χ3v) is 3.15. The van der Waals surface area contributed by atoms with Crippen LogP contribution in [0.4, 0.5) is 0 Å². The van der Waals surface area contributed by atoms with Crippen LogP contribution >= 0.6 is 27.5 Å². The molecule has 94 valence electrons. The van der Waals surface area contributed by atoms with Gasteiger partial charge in [0.25, 0.3) is 5.91 Å². The maximum absolute atomic E-state index is 12.0. The molecule has 0 radical (unpaired) electrons. The van der Waals surface area contributed by atoms with E-state index >= 15 is 0 Å². The van der Waals surface area contributed by atoms with E-state index in [0.29, 0.717) is 10.0 Å². The number of H-pyrrole nitrogens is 1. The maximum Gasteiger partial charge on any atom is 0.254 e. The van der Waals surface area contributed by atoms with Crippen molar-refractivity contribution < 1.29 is 4.79 Å². The molecule has 2 N–H and O–H groups in total. The summed E-state index contributed by atoms with van der Waals surface area (Å²) >= 11 is 9.14. The normalized spacial score (nSPS) is 12.2. The van der Waals surface area contributed by atoms with Crippen LogP contribution in [-0.2, 0) is 0 Å². The van der Waals surface area contributed by atoms with E-state index in [1.807, 2.05) is 6.92 Å². The lowest BCUT2D eigenvalue weighted by atomic mass is 10.2. The second kappa shape index (κ2) is 5.49. The molecule has 2 aromatic rings. The smallest absolute Gasteiger partial charge is 0.254 e. The minimum atomic E-state index is -0.275. The highest BCUT2D eigenvalue weighted by Gasteiger charge is 2.15. The largest absolute Gasteiger partial charge is 0.345 e. The number of halogens is 2. The number of carbonyl (C=O) groups excluding carboxylic acids is 1. The summed E-state index contributed by atoms with van der Waals surface area (Å²) in [5.41, 5.74) is 1.23. The van der Waals surface area contributed by atoms with Crippen molar-refractivity contribution in [3.05, 3.63) is 45.4 Å². The molecule has 1 atom stereocenters. The number of hydrogen-bond donors (Lipinski definition) is 2. The van der Waals surface area contributed by atoms with Gasteiger partial charge in [0.05, 0.1) is 17.8 Å². The third-order valence-electron chi connectivity index (χ3n) is 2.42. The first-order valence-electron chi connectivity index (χ1n) is 5.18. The Morgan fingerprint density at radius 1 is 1.56 bits per heavy atom. The highest BCUT2D eigenvalue weighted by molar-refractivity contribution is 9.10. The van der Waals surface area contributed by atoms with Gasteiger partial charge < -0.3 is 5.32 Å². The molecular weight excluding hydrogens is 320 g/mol. The first-order chi connectivity index (χ1) is 8.58. The molecule has 5 nitrogen and oxygen atoms in total. The van der Waals surface area contributed by atoms with E-state index in [0.717, 1.165) is 5.56 Å². The molecule has 0 spiro atoms. The number of rotatable bonds is 3. The number of carbonyl (C=O) groups is 1. The Hall–Kier alpha value is -1.40. The molecular formula is C11H10BrClN4O. The predicted molar refractivity (Wildman–Crippen MR) is 71.4 cm³/mol. The lowest BCUT2D eigenvalue weighted by molar-refractivity contribution is 0.0939. The van der Waals surface area contributed by atoms with Crippen LogP contribution in [-0.4, -0.2) is 21.1 Å².